The third kappa shape index (κ3) is 8.75. The summed E-state index contributed by atoms with van der Waals surface area (Å²) in [6.07, 6.45) is -4.68. The van der Waals surface area contributed by atoms with Crippen LogP contribution in [0.2, 0.25) is 0 Å². The van der Waals surface area contributed by atoms with Crippen LogP contribution >= 0.6 is 0 Å². The molecule has 4 nitrogen and oxygen atoms in total. The molecular weight excluding hydrogens is 1010 g/mol. The first kappa shape index (κ1) is 53.2. The van der Waals surface area contributed by atoms with Gasteiger partial charge in [0, 0.05) is 27.1 Å². The van der Waals surface area contributed by atoms with E-state index in [9.17, 15) is 13.2 Å². The summed E-state index contributed by atoms with van der Waals surface area (Å²) in [5.41, 5.74) is 27.4. The minimum atomic E-state index is -4.68. The lowest BCUT2D eigenvalue weighted by Gasteiger charge is -2.21. The normalized spacial score (nSPS) is 11.8. The molecule has 2 aromatic heterocycles. The first-order valence-corrected chi connectivity index (χ1v) is 27.8. The molecule has 10 aromatic carbocycles. The SMILES string of the molecule is [C-]#[N+]c1cc(C(F)(F)F)ccc1-c1cc(-n2c3cc(-c4c(C)cc(C)cc4C)ccc3c3ccc(-c4c(C)cc(C)cc4C)cc32)c(-n2c3cc(-c4c(C)cc(C)cc4C)ccc3c3ccc(-c4c(C)cc(C)cc4C)cc32)cc1[N+]#[C-]. The minimum absolute atomic E-state index is 0.195. The molecule has 0 atom stereocenters. The topological polar surface area (TPSA) is 18.6 Å². The standard InChI is InChI=1S/C75H61F3N4/c1-40-25-44(5)71(45(6)26-40)52-15-20-58-59-21-16-53(72-46(7)27-41(2)28-47(72)8)34-66(59)81(65(58)33-52)69-38-62(57-24-19-56(75(76,77)78)37-63(57)79-13)64(80-14)39-70(69)82-67-35-54(73-48(9)29-42(3)30-49(73)10)17-22-60(67)61-23-18-55(36-68(61)82)74-50(11)31-43(4)32-51(74)12/h15-39H,1-12H3. The highest BCUT2D eigenvalue weighted by Gasteiger charge is 2.32. The summed E-state index contributed by atoms with van der Waals surface area (Å²) < 4.78 is 48.1. The fourth-order valence-electron chi connectivity index (χ4n) is 14.0. The molecule has 0 aliphatic heterocycles. The monoisotopic (exact) mass is 1070 g/mol. The van der Waals surface area contributed by atoms with Gasteiger partial charge in [-0.2, -0.15) is 13.2 Å². The highest BCUT2D eigenvalue weighted by molar-refractivity contribution is 6.14. The summed E-state index contributed by atoms with van der Waals surface area (Å²) in [7, 11) is 0. The minimum Gasteiger partial charge on any atom is -0.308 e. The molecule has 0 unspecified atom stereocenters. The van der Waals surface area contributed by atoms with Crippen molar-refractivity contribution in [3.05, 3.63) is 247 Å². The smallest absolute Gasteiger partial charge is 0.308 e. The number of benzene rings is 10. The lowest BCUT2D eigenvalue weighted by atomic mass is 9.92. The van der Waals surface area contributed by atoms with E-state index in [1.165, 1.54) is 28.3 Å². The summed E-state index contributed by atoms with van der Waals surface area (Å²) in [5, 5.41) is 4.05. The van der Waals surface area contributed by atoms with Crippen LogP contribution < -0.4 is 0 Å². The average molecular weight is 1080 g/mol. The summed E-state index contributed by atoms with van der Waals surface area (Å²) in [6.45, 7) is 43.1. The van der Waals surface area contributed by atoms with Crippen molar-refractivity contribution in [1.29, 1.82) is 0 Å². The molecule has 0 amide bonds. The zero-order valence-electron chi connectivity index (χ0n) is 48.4. The molecule has 0 fully saturated rings. The molecule has 0 spiro atoms. The van der Waals surface area contributed by atoms with Gasteiger partial charge in [0.15, 0.2) is 11.4 Å². The van der Waals surface area contributed by atoms with Gasteiger partial charge in [-0.1, -0.05) is 131 Å². The van der Waals surface area contributed by atoms with Crippen LogP contribution in [-0.2, 0) is 6.18 Å². The first-order valence-electron chi connectivity index (χ1n) is 27.8. The molecule has 2 heterocycles. The molecule has 0 bridgehead atoms. The maximum atomic E-state index is 14.5. The van der Waals surface area contributed by atoms with E-state index in [1.807, 2.05) is 12.1 Å². The van der Waals surface area contributed by atoms with Crippen LogP contribution in [0.25, 0.3) is 120 Å². The number of hydrogen-bond acceptors (Lipinski definition) is 0. The van der Waals surface area contributed by atoms with Crippen molar-refractivity contribution in [2.24, 2.45) is 0 Å². The van der Waals surface area contributed by atoms with Crippen LogP contribution in [0.15, 0.2) is 152 Å². The second-order valence-corrected chi connectivity index (χ2v) is 23.0. The number of hydrogen-bond donors (Lipinski definition) is 0. The van der Waals surface area contributed by atoms with Crippen molar-refractivity contribution < 1.29 is 13.2 Å². The Morgan fingerprint density at radius 1 is 0.317 bits per heavy atom. The van der Waals surface area contributed by atoms with Gasteiger partial charge in [0.2, 0.25) is 0 Å². The van der Waals surface area contributed by atoms with Crippen molar-refractivity contribution in [2.45, 2.75) is 89.3 Å². The quantitative estimate of drug-likeness (QED) is 0.142. The zero-order valence-corrected chi connectivity index (χ0v) is 48.4. The van der Waals surface area contributed by atoms with Crippen LogP contribution in [0.4, 0.5) is 24.5 Å². The van der Waals surface area contributed by atoms with E-state index in [4.69, 9.17) is 13.1 Å². The predicted octanol–water partition coefficient (Wildman–Crippen LogP) is 22.0. The number of nitrogens with zero attached hydrogens (tertiary/aromatic N) is 4. The van der Waals surface area contributed by atoms with Crippen molar-refractivity contribution in [2.75, 3.05) is 0 Å². The van der Waals surface area contributed by atoms with E-state index in [2.05, 4.69) is 223 Å². The van der Waals surface area contributed by atoms with Crippen LogP contribution in [-0.4, -0.2) is 9.13 Å². The number of halogens is 3. The van der Waals surface area contributed by atoms with Crippen LogP contribution in [0.1, 0.15) is 72.3 Å². The Balaban J connectivity index is 1.30. The van der Waals surface area contributed by atoms with Gasteiger partial charge in [-0.3, -0.25) is 0 Å². The molecule has 0 saturated carbocycles. The summed E-state index contributed by atoms with van der Waals surface area (Å²) in [6, 6.07) is 51.7. The van der Waals surface area contributed by atoms with Gasteiger partial charge in [-0.05, 0) is 226 Å². The molecule has 12 rings (SSSR count). The summed E-state index contributed by atoms with van der Waals surface area (Å²) in [5.74, 6) is 0. The average Bonchev–Trinajstić information content (AvgIpc) is 2.80. The van der Waals surface area contributed by atoms with Crippen molar-refractivity contribution in [3.63, 3.8) is 0 Å². The Morgan fingerprint density at radius 2 is 0.598 bits per heavy atom. The molecule has 0 radical (unpaired) electrons. The van der Waals surface area contributed by atoms with Gasteiger partial charge < -0.3 is 9.13 Å². The Bertz CT molecular complexity index is 4510. The second-order valence-electron chi connectivity index (χ2n) is 23.0. The Hall–Kier alpha value is -9.43. The number of aryl methyl sites for hydroxylation is 12. The van der Waals surface area contributed by atoms with E-state index in [0.717, 1.165) is 145 Å². The van der Waals surface area contributed by atoms with E-state index < -0.39 is 11.7 Å². The van der Waals surface area contributed by atoms with Crippen LogP contribution in [0.3, 0.4) is 0 Å². The maximum Gasteiger partial charge on any atom is 0.415 e. The highest BCUT2D eigenvalue weighted by Crippen LogP contribution is 2.49. The number of alkyl halides is 3. The molecule has 0 N–H and O–H groups in total. The molecule has 7 heteroatoms. The number of aromatic nitrogens is 2. The molecule has 12 aromatic rings. The molecule has 0 aliphatic rings. The largest absolute Gasteiger partial charge is 0.415 e. The lowest BCUT2D eigenvalue weighted by Crippen LogP contribution is -2.06. The molecule has 0 aliphatic carbocycles. The van der Waals surface area contributed by atoms with E-state index in [-0.39, 0.29) is 16.9 Å². The second kappa shape index (κ2) is 19.7. The summed E-state index contributed by atoms with van der Waals surface area (Å²) in [4.78, 5) is 7.96. The number of fused-ring (bicyclic) bond motifs is 6. The van der Waals surface area contributed by atoms with Gasteiger partial charge in [0.25, 0.3) is 0 Å². The lowest BCUT2D eigenvalue weighted by molar-refractivity contribution is -0.137. The van der Waals surface area contributed by atoms with Crippen molar-refractivity contribution >= 4 is 55.0 Å². The van der Waals surface area contributed by atoms with Gasteiger partial charge >= 0.3 is 6.18 Å². The van der Waals surface area contributed by atoms with Crippen molar-refractivity contribution in [3.8, 4) is 67.0 Å². The van der Waals surface area contributed by atoms with E-state index >= 15 is 0 Å². The van der Waals surface area contributed by atoms with Crippen LogP contribution in [0.5, 0.6) is 0 Å². The van der Waals surface area contributed by atoms with Gasteiger partial charge in [0.1, 0.15) is 0 Å². The molecule has 402 valence electrons. The van der Waals surface area contributed by atoms with Crippen molar-refractivity contribution in [1.82, 2.24) is 9.13 Å². The van der Waals surface area contributed by atoms with E-state index in [1.54, 1.807) is 0 Å². The Kier molecular flexibility index (Phi) is 12.8. The van der Waals surface area contributed by atoms with E-state index in [0.29, 0.717) is 16.9 Å². The number of rotatable bonds is 7. The van der Waals surface area contributed by atoms with Crippen LogP contribution in [0, 0.1) is 96.2 Å². The van der Waals surface area contributed by atoms with Gasteiger partial charge in [-0.25, -0.2) is 9.69 Å². The molecule has 0 saturated heterocycles. The molecule has 82 heavy (non-hydrogen) atoms. The maximum absolute atomic E-state index is 14.5. The fraction of sp³-hybridized carbons (Fsp3) is 0.173. The fourth-order valence-corrected chi connectivity index (χ4v) is 14.0. The molecular formula is C75H61F3N4. The summed E-state index contributed by atoms with van der Waals surface area (Å²) >= 11 is 0. The third-order valence-electron chi connectivity index (χ3n) is 16.8. The zero-order chi connectivity index (χ0) is 58.0. The predicted molar refractivity (Wildman–Crippen MR) is 337 cm³/mol. The van der Waals surface area contributed by atoms with Gasteiger partial charge in [-0.15, -0.1) is 0 Å². The Morgan fingerprint density at radius 3 is 0.878 bits per heavy atom. The highest BCUT2D eigenvalue weighted by atomic mass is 19.4. The van der Waals surface area contributed by atoms with Gasteiger partial charge in [0.05, 0.1) is 46.6 Å². The Labute approximate surface area is 478 Å². The first-order chi connectivity index (χ1) is 39.1. The third-order valence-corrected chi connectivity index (χ3v) is 16.8.